The fourth-order valence-electron chi connectivity index (χ4n) is 3.21. The number of nitrogens with one attached hydrogen (secondary N) is 1. The van der Waals surface area contributed by atoms with Gasteiger partial charge in [-0.15, -0.1) is 0 Å². The Balaban J connectivity index is 2.04. The van der Waals surface area contributed by atoms with Crippen molar-refractivity contribution in [2.45, 2.75) is 18.6 Å². The van der Waals surface area contributed by atoms with Gasteiger partial charge in [0.15, 0.2) is 5.69 Å². The molecule has 0 amide bonds. The van der Waals surface area contributed by atoms with E-state index in [0.717, 1.165) is 4.57 Å². The van der Waals surface area contributed by atoms with Crippen molar-refractivity contribution in [3.63, 3.8) is 0 Å². The van der Waals surface area contributed by atoms with Gasteiger partial charge < -0.3 is 25.9 Å². The first-order valence-electron chi connectivity index (χ1n) is 9.04. The SMILES string of the molecule is N[C@H](Cc1cc2ccccc2n1C(=O)OC(C(=O)O)c1ccccc1[NH+]([O-])O)C(=O)O. The van der Waals surface area contributed by atoms with Crippen LogP contribution in [0.3, 0.4) is 0 Å². The fourth-order valence-corrected chi connectivity index (χ4v) is 3.21. The van der Waals surface area contributed by atoms with E-state index >= 15 is 0 Å². The van der Waals surface area contributed by atoms with Gasteiger partial charge in [0.05, 0.1) is 11.1 Å². The lowest BCUT2D eigenvalue weighted by molar-refractivity contribution is -0.991. The van der Waals surface area contributed by atoms with Crippen LogP contribution in [-0.2, 0) is 20.7 Å². The summed E-state index contributed by atoms with van der Waals surface area (Å²) in [5.74, 6) is -2.84. The lowest BCUT2D eigenvalue weighted by Gasteiger charge is -2.20. The van der Waals surface area contributed by atoms with Gasteiger partial charge in [0, 0.05) is 23.6 Å². The van der Waals surface area contributed by atoms with E-state index in [4.69, 9.17) is 15.6 Å². The molecular weight excluding hydrogens is 410 g/mol. The number of hydrogen-bond acceptors (Lipinski definition) is 7. The van der Waals surface area contributed by atoms with Crippen molar-refractivity contribution in [1.82, 2.24) is 4.57 Å². The second-order valence-corrected chi connectivity index (χ2v) is 6.67. The molecule has 2 unspecified atom stereocenters. The van der Waals surface area contributed by atoms with E-state index in [1.807, 2.05) is 0 Å². The van der Waals surface area contributed by atoms with Crippen LogP contribution in [0.2, 0.25) is 0 Å². The Bertz CT molecular complexity index is 1140. The van der Waals surface area contributed by atoms with Crippen LogP contribution >= 0.6 is 0 Å². The lowest BCUT2D eigenvalue weighted by atomic mass is 10.1. The average molecular weight is 429 g/mol. The van der Waals surface area contributed by atoms with Crippen molar-refractivity contribution in [3.05, 3.63) is 71.1 Å². The van der Waals surface area contributed by atoms with Crippen molar-refractivity contribution in [2.24, 2.45) is 5.73 Å². The predicted octanol–water partition coefficient (Wildman–Crippen LogP) is 0.810. The molecular formula is C20H19N3O8. The molecule has 3 rings (SSSR count). The molecule has 1 heterocycles. The topological polar surface area (TPSA) is 180 Å². The third kappa shape index (κ3) is 4.54. The molecule has 0 fully saturated rings. The quantitative estimate of drug-likeness (QED) is 0.340. The van der Waals surface area contributed by atoms with Crippen molar-refractivity contribution < 1.29 is 39.8 Å². The van der Waals surface area contributed by atoms with E-state index in [-0.39, 0.29) is 23.4 Å². The molecule has 0 saturated carbocycles. The molecule has 11 heteroatoms. The third-order valence-electron chi connectivity index (χ3n) is 4.63. The maximum absolute atomic E-state index is 13.0. The Morgan fingerprint density at radius 3 is 2.35 bits per heavy atom. The van der Waals surface area contributed by atoms with E-state index in [2.05, 4.69) is 0 Å². The summed E-state index contributed by atoms with van der Waals surface area (Å²) in [6, 6.07) is 12.1. The first kappa shape index (κ1) is 21.9. The van der Waals surface area contributed by atoms with Crippen LogP contribution < -0.4 is 11.0 Å². The van der Waals surface area contributed by atoms with Crippen LogP contribution in [0, 0.1) is 5.21 Å². The minimum Gasteiger partial charge on any atom is -0.595 e. The molecule has 0 aliphatic heterocycles. The van der Waals surface area contributed by atoms with Crippen LogP contribution in [0.15, 0.2) is 54.6 Å². The number of nitrogens with zero attached hydrogens (tertiary/aromatic N) is 1. The third-order valence-corrected chi connectivity index (χ3v) is 4.63. The molecule has 6 N–H and O–H groups in total. The summed E-state index contributed by atoms with van der Waals surface area (Å²) >= 11 is 0. The molecule has 1 aromatic heterocycles. The van der Waals surface area contributed by atoms with Crippen LogP contribution in [0.25, 0.3) is 10.9 Å². The molecule has 0 radical (unpaired) electrons. The van der Waals surface area contributed by atoms with Crippen molar-refractivity contribution in [3.8, 4) is 0 Å². The van der Waals surface area contributed by atoms with Crippen LogP contribution in [-0.4, -0.2) is 44.1 Å². The van der Waals surface area contributed by atoms with Crippen molar-refractivity contribution in [1.29, 1.82) is 0 Å². The zero-order valence-electron chi connectivity index (χ0n) is 16.0. The fraction of sp³-hybridized carbons (Fsp3) is 0.150. The summed E-state index contributed by atoms with van der Waals surface area (Å²) in [5, 5.41) is 38.7. The first-order chi connectivity index (χ1) is 14.7. The van der Waals surface area contributed by atoms with Gasteiger partial charge in [0.2, 0.25) is 6.10 Å². The van der Waals surface area contributed by atoms with E-state index in [1.165, 1.54) is 24.3 Å². The Kier molecular flexibility index (Phi) is 6.32. The number of hydrogen-bond donors (Lipinski definition) is 5. The Morgan fingerprint density at radius 2 is 1.71 bits per heavy atom. The molecule has 0 spiro atoms. The number of ether oxygens (including phenoxy) is 1. The predicted molar refractivity (Wildman–Crippen MR) is 106 cm³/mol. The Labute approximate surface area is 175 Å². The molecule has 0 aliphatic rings. The van der Waals surface area contributed by atoms with Gasteiger partial charge in [-0.2, -0.15) is 5.23 Å². The summed E-state index contributed by atoms with van der Waals surface area (Å²) in [6.07, 6.45) is -3.23. The van der Waals surface area contributed by atoms with Gasteiger partial charge in [-0.3, -0.25) is 4.79 Å². The number of rotatable bonds is 7. The number of carbonyl (C=O) groups is 3. The number of carbonyl (C=O) groups excluding carboxylic acids is 1. The minimum atomic E-state index is -1.90. The van der Waals surface area contributed by atoms with E-state index in [0.29, 0.717) is 10.9 Å². The number of benzene rings is 2. The summed E-state index contributed by atoms with van der Waals surface area (Å²) < 4.78 is 6.24. The van der Waals surface area contributed by atoms with Crippen LogP contribution in [0.1, 0.15) is 17.4 Å². The summed E-state index contributed by atoms with van der Waals surface area (Å²) in [4.78, 5) is 36.0. The van der Waals surface area contributed by atoms with Crippen molar-refractivity contribution in [2.75, 3.05) is 0 Å². The van der Waals surface area contributed by atoms with Gasteiger partial charge in [-0.05, 0) is 18.2 Å². The van der Waals surface area contributed by atoms with Gasteiger partial charge in [-0.1, -0.05) is 30.3 Å². The van der Waals surface area contributed by atoms with Gasteiger partial charge in [0.1, 0.15) is 6.04 Å². The van der Waals surface area contributed by atoms with Gasteiger partial charge in [-0.25, -0.2) is 19.4 Å². The van der Waals surface area contributed by atoms with Crippen molar-refractivity contribution >= 4 is 34.6 Å². The second-order valence-electron chi connectivity index (χ2n) is 6.67. The molecule has 162 valence electrons. The number of nitrogens with two attached hydrogens (primary N) is 1. The normalized spacial score (nSPS) is 14.0. The Hall–Kier alpha value is -3.77. The lowest BCUT2D eigenvalue weighted by Crippen LogP contribution is -2.99. The Morgan fingerprint density at radius 1 is 1.06 bits per heavy atom. The molecule has 0 saturated heterocycles. The maximum atomic E-state index is 13.0. The largest absolute Gasteiger partial charge is 0.595 e. The molecule has 0 aliphatic carbocycles. The summed E-state index contributed by atoms with van der Waals surface area (Å²) in [5.41, 5.74) is 5.63. The number of quaternary nitrogens is 1. The molecule has 3 atom stereocenters. The second kappa shape index (κ2) is 8.93. The highest BCUT2D eigenvalue weighted by Gasteiger charge is 2.31. The number of aliphatic carboxylic acids is 2. The smallest absolute Gasteiger partial charge is 0.419 e. The van der Waals surface area contributed by atoms with E-state index in [1.54, 1.807) is 30.3 Å². The molecule has 3 aromatic rings. The van der Waals surface area contributed by atoms with Gasteiger partial charge in [0.25, 0.3) is 0 Å². The number of carboxylic acid groups (broad SMARTS) is 2. The summed E-state index contributed by atoms with van der Waals surface area (Å²) in [6.45, 7) is 0. The molecule has 0 bridgehead atoms. The highest BCUT2D eigenvalue weighted by atomic mass is 16.8. The molecule has 11 nitrogen and oxygen atoms in total. The van der Waals surface area contributed by atoms with Crippen LogP contribution in [0.5, 0.6) is 0 Å². The van der Waals surface area contributed by atoms with Crippen LogP contribution in [0.4, 0.5) is 10.5 Å². The van der Waals surface area contributed by atoms with Gasteiger partial charge >= 0.3 is 18.0 Å². The maximum Gasteiger partial charge on any atom is 0.419 e. The number of fused-ring (bicyclic) bond motifs is 1. The standard InChI is InChI=1S/C20H19N3O8/c21-14(18(24)25)10-12-9-11-5-1-3-7-15(11)22(12)20(28)31-17(19(26)27)13-6-2-4-8-16(13)23(29)30/h1-9,14,17,23,29H,10,21H2,(H,24,25)(H,26,27)/t14-,17?/m1/s1. The molecule has 2 aromatic carbocycles. The number of para-hydroxylation sites is 2. The number of aromatic nitrogens is 1. The average Bonchev–Trinajstić information content (AvgIpc) is 3.09. The zero-order chi connectivity index (χ0) is 22.7. The van der Waals surface area contributed by atoms with E-state index in [9.17, 15) is 29.9 Å². The highest BCUT2D eigenvalue weighted by molar-refractivity contribution is 5.92. The zero-order valence-corrected chi connectivity index (χ0v) is 16.0. The molecule has 31 heavy (non-hydrogen) atoms. The minimum absolute atomic E-state index is 0.205. The highest BCUT2D eigenvalue weighted by Crippen LogP contribution is 2.27. The number of carboxylic acids is 2. The van der Waals surface area contributed by atoms with E-state index < -0.39 is 35.4 Å². The first-order valence-corrected chi connectivity index (χ1v) is 9.04. The monoisotopic (exact) mass is 429 g/mol. The summed E-state index contributed by atoms with van der Waals surface area (Å²) in [7, 11) is 0.